The molecule has 42 heavy (non-hydrogen) atoms. The monoisotopic (exact) mass is 606 g/mol. The summed E-state index contributed by atoms with van der Waals surface area (Å²) >= 11 is 1.28. The Kier molecular flexibility index (Phi) is 7.42. The molecule has 1 aliphatic carbocycles. The molecule has 1 unspecified atom stereocenters. The summed E-state index contributed by atoms with van der Waals surface area (Å²) < 4.78 is 72.6. The van der Waals surface area contributed by atoms with Gasteiger partial charge in [0.2, 0.25) is 0 Å². The highest BCUT2D eigenvalue weighted by Gasteiger charge is 2.45. The van der Waals surface area contributed by atoms with Crippen molar-refractivity contribution in [2.24, 2.45) is 17.0 Å². The number of carbonyl (C=O) groups excluding carboxylic acids is 1. The number of nitrogens with zero attached hydrogens (tertiary/aromatic N) is 3. The molecule has 6 rings (SSSR count). The Bertz CT molecular complexity index is 1510. The topological polar surface area (TPSA) is 90.0 Å². The van der Waals surface area contributed by atoms with Gasteiger partial charge >= 0.3 is 12.1 Å². The Morgan fingerprint density at radius 3 is 2.43 bits per heavy atom. The number of fused-ring (bicyclic) bond motifs is 1. The van der Waals surface area contributed by atoms with Gasteiger partial charge in [-0.1, -0.05) is 17.3 Å². The molecule has 0 spiro atoms. The van der Waals surface area contributed by atoms with Crippen molar-refractivity contribution in [2.75, 3.05) is 18.8 Å². The molecule has 2 atom stereocenters. The summed E-state index contributed by atoms with van der Waals surface area (Å²) in [7, 11) is 0. The largest absolute Gasteiger partial charge is 0.488 e. The summed E-state index contributed by atoms with van der Waals surface area (Å²) in [6.45, 7) is 0.826. The van der Waals surface area contributed by atoms with E-state index in [1.807, 2.05) is 4.90 Å². The first-order valence-electron chi connectivity index (χ1n) is 13.5. The van der Waals surface area contributed by atoms with Gasteiger partial charge in [0.15, 0.2) is 0 Å². The van der Waals surface area contributed by atoms with Gasteiger partial charge in [-0.3, -0.25) is 4.90 Å². The molecule has 1 saturated carbocycles. The van der Waals surface area contributed by atoms with Crippen molar-refractivity contribution in [3.63, 3.8) is 0 Å². The van der Waals surface area contributed by atoms with E-state index in [4.69, 9.17) is 15.3 Å². The van der Waals surface area contributed by atoms with E-state index in [-0.39, 0.29) is 50.3 Å². The molecule has 13 heteroatoms. The van der Waals surface area contributed by atoms with E-state index in [0.29, 0.717) is 45.5 Å². The van der Waals surface area contributed by atoms with E-state index >= 15 is 0 Å². The van der Waals surface area contributed by atoms with Gasteiger partial charge in [-0.2, -0.15) is 13.2 Å². The maximum atomic E-state index is 13.7. The molecule has 0 amide bonds. The number of hydrogen-bond donors (Lipinski definition) is 1. The molecule has 3 aliphatic rings. The van der Waals surface area contributed by atoms with E-state index in [1.54, 1.807) is 18.2 Å². The van der Waals surface area contributed by atoms with Crippen LogP contribution in [0.25, 0.3) is 10.6 Å². The quantitative estimate of drug-likeness (QED) is 0.188. The lowest BCUT2D eigenvalue weighted by Gasteiger charge is -2.37. The highest BCUT2D eigenvalue weighted by Crippen LogP contribution is 2.42. The van der Waals surface area contributed by atoms with E-state index in [1.165, 1.54) is 23.5 Å². The first-order chi connectivity index (χ1) is 20.0. The minimum Gasteiger partial charge on any atom is -0.488 e. The second-order valence-electron chi connectivity index (χ2n) is 10.8. The summed E-state index contributed by atoms with van der Waals surface area (Å²) in [5.74, 6) is -2.74. The minimum absolute atomic E-state index is 0.0153. The van der Waals surface area contributed by atoms with Crippen molar-refractivity contribution in [3.05, 3.63) is 64.2 Å². The second kappa shape index (κ2) is 10.9. The van der Waals surface area contributed by atoms with Crippen LogP contribution in [0, 0.1) is 11.8 Å². The smallest absolute Gasteiger partial charge is 0.416 e. The minimum atomic E-state index is -4.45. The molecule has 7 nitrogen and oxygen atoms in total. The number of halogens is 5. The molecule has 2 N–H and O–H groups in total. The molecule has 222 valence electrons. The number of rotatable bonds is 7. The Morgan fingerprint density at radius 1 is 1.07 bits per heavy atom. The molecule has 2 aliphatic heterocycles. The molecule has 3 heterocycles. The molecule has 2 aromatic carbocycles. The molecular formula is C29H27F5N4O3S. The maximum absolute atomic E-state index is 13.7. The molecule has 2 fully saturated rings. The Balaban J connectivity index is 1.21. The normalized spacial score (nSPS) is 22.1. The number of anilines is 1. The molecular weight excluding hydrogens is 579 g/mol. The van der Waals surface area contributed by atoms with Crippen LogP contribution in [0.4, 0.5) is 27.6 Å². The number of carbonyl (C=O) groups is 1. The summed E-state index contributed by atoms with van der Waals surface area (Å²) in [5, 5.41) is 4.51. The van der Waals surface area contributed by atoms with E-state index < -0.39 is 17.7 Å². The lowest BCUT2D eigenvalue weighted by molar-refractivity contribution is -0.155. The molecule has 1 saturated heterocycles. The number of piperidine rings is 1. The predicted octanol–water partition coefficient (Wildman–Crippen LogP) is 6.51. The van der Waals surface area contributed by atoms with Crippen molar-refractivity contribution in [1.29, 1.82) is 0 Å². The fourth-order valence-corrected chi connectivity index (χ4v) is 6.38. The number of aromatic nitrogens is 1. The standard InChI is InChI=1S/C29H27F5N4O3S/c30-28(31)9-11-38(12-10-28)14-23-24(42-26(36-23)16-1-3-17(4-2-16)29(32,33)34)15-40-18-5-6-21(22(35)13-18)25-19-7-8-20(19)27(39)41-37-25/h1-6,13,19-20H,7-12,14-15,35H2/t19?,20-/m1/s1. The van der Waals surface area contributed by atoms with Gasteiger partial charge < -0.3 is 15.3 Å². The Morgan fingerprint density at radius 2 is 1.79 bits per heavy atom. The van der Waals surface area contributed by atoms with Crippen LogP contribution in [0.5, 0.6) is 5.75 Å². The number of ether oxygens (including phenoxy) is 1. The lowest BCUT2D eigenvalue weighted by Crippen LogP contribution is -2.42. The predicted molar refractivity (Wildman–Crippen MR) is 146 cm³/mol. The van der Waals surface area contributed by atoms with E-state index in [0.717, 1.165) is 29.9 Å². The summed E-state index contributed by atoms with van der Waals surface area (Å²) in [5.41, 5.74) is 8.45. The van der Waals surface area contributed by atoms with Gasteiger partial charge in [0.05, 0.1) is 27.8 Å². The van der Waals surface area contributed by atoms with E-state index in [2.05, 4.69) is 10.1 Å². The van der Waals surface area contributed by atoms with Crippen LogP contribution in [0.1, 0.15) is 47.4 Å². The van der Waals surface area contributed by atoms with E-state index in [9.17, 15) is 26.7 Å². The second-order valence-corrected chi connectivity index (χ2v) is 11.9. The molecule has 1 aromatic heterocycles. The molecule has 3 aromatic rings. The van der Waals surface area contributed by atoms with Gasteiger partial charge in [-0.05, 0) is 37.1 Å². The van der Waals surface area contributed by atoms with Crippen molar-refractivity contribution < 1.29 is 36.3 Å². The first kappa shape index (κ1) is 28.5. The zero-order valence-corrected chi connectivity index (χ0v) is 23.1. The zero-order valence-electron chi connectivity index (χ0n) is 22.3. The van der Waals surface area contributed by atoms with Gasteiger partial charge in [-0.15, -0.1) is 11.3 Å². The summed E-state index contributed by atoms with van der Waals surface area (Å²) in [6.07, 6.45) is -3.35. The molecule has 0 bridgehead atoms. The Labute approximate surface area is 242 Å². The highest BCUT2D eigenvalue weighted by molar-refractivity contribution is 7.15. The van der Waals surface area contributed by atoms with Crippen LogP contribution in [0.2, 0.25) is 0 Å². The van der Waals surface area contributed by atoms with Crippen LogP contribution in [-0.2, 0) is 29.0 Å². The van der Waals surface area contributed by atoms with Crippen molar-refractivity contribution in [1.82, 2.24) is 9.88 Å². The number of likely N-dealkylation sites (tertiary alicyclic amines) is 1. The SMILES string of the molecule is Nc1cc(OCc2sc(-c3ccc(C(F)(F)F)cc3)nc2CN2CCC(F)(F)CC2)ccc1C1=NOC(=O)[C@@H]2CCC12. The fraction of sp³-hybridized carbons (Fsp3) is 0.414. The highest BCUT2D eigenvalue weighted by atomic mass is 32.1. The number of hydrogen-bond acceptors (Lipinski definition) is 8. The average molecular weight is 607 g/mol. The Hall–Kier alpha value is -3.58. The molecule has 0 radical (unpaired) electrons. The number of oxime groups is 1. The number of nitrogen functional groups attached to an aromatic ring is 1. The average Bonchev–Trinajstić information content (AvgIpc) is 3.32. The van der Waals surface area contributed by atoms with Crippen molar-refractivity contribution >= 4 is 28.7 Å². The summed E-state index contributed by atoms with van der Waals surface area (Å²) in [6, 6.07) is 9.92. The van der Waals surface area contributed by atoms with Gasteiger partial charge in [0.25, 0.3) is 5.92 Å². The lowest BCUT2D eigenvalue weighted by atomic mass is 9.69. The van der Waals surface area contributed by atoms with Crippen molar-refractivity contribution in [3.8, 4) is 16.3 Å². The summed E-state index contributed by atoms with van der Waals surface area (Å²) in [4.78, 5) is 24.1. The number of alkyl halides is 5. The first-order valence-corrected chi connectivity index (χ1v) is 14.4. The third kappa shape index (κ3) is 5.84. The zero-order chi connectivity index (χ0) is 29.6. The van der Waals surface area contributed by atoms with Crippen LogP contribution >= 0.6 is 11.3 Å². The van der Waals surface area contributed by atoms with Crippen molar-refractivity contribution in [2.45, 2.75) is 50.9 Å². The van der Waals surface area contributed by atoms with Gasteiger partial charge in [0.1, 0.15) is 17.4 Å². The maximum Gasteiger partial charge on any atom is 0.416 e. The third-order valence-corrected chi connectivity index (χ3v) is 9.15. The number of nitrogens with two attached hydrogens (primary N) is 1. The van der Waals surface area contributed by atoms with Crippen LogP contribution in [0.15, 0.2) is 47.6 Å². The number of benzene rings is 2. The fourth-order valence-electron chi connectivity index (χ4n) is 5.40. The third-order valence-electron chi connectivity index (χ3n) is 8.03. The van der Waals surface area contributed by atoms with Gasteiger partial charge in [0, 0.05) is 61.3 Å². The van der Waals surface area contributed by atoms with Crippen LogP contribution in [-0.4, -0.2) is 40.6 Å². The van der Waals surface area contributed by atoms with Gasteiger partial charge in [-0.25, -0.2) is 18.6 Å². The van der Waals surface area contributed by atoms with Crippen LogP contribution < -0.4 is 10.5 Å². The number of thiazole rings is 1. The van der Waals surface area contributed by atoms with Crippen LogP contribution in [0.3, 0.4) is 0 Å².